The van der Waals surface area contributed by atoms with Crippen LogP contribution in [-0.4, -0.2) is 34.3 Å². The molecule has 0 saturated carbocycles. The van der Waals surface area contributed by atoms with Crippen LogP contribution in [0.3, 0.4) is 0 Å². The number of amides is 2. The van der Waals surface area contributed by atoms with Crippen LogP contribution in [0.5, 0.6) is 0 Å². The van der Waals surface area contributed by atoms with Crippen molar-refractivity contribution < 1.29 is 18.7 Å². The van der Waals surface area contributed by atoms with E-state index in [2.05, 4.69) is 5.32 Å². The molecule has 1 aliphatic rings. The fraction of sp³-hybridized carbons (Fsp3) is 0.364. The second kappa shape index (κ2) is 9.27. The number of carbonyl (C=O) groups excluding carboxylic acids is 2. The number of nitrogens with zero attached hydrogens (tertiary/aromatic N) is 1. The van der Waals surface area contributed by atoms with Gasteiger partial charge >= 0.3 is 6.09 Å². The molecule has 3 rings (SSSR count). The summed E-state index contributed by atoms with van der Waals surface area (Å²) in [5.74, 6) is -0.185. The van der Waals surface area contributed by atoms with Crippen LogP contribution >= 0.6 is 23.4 Å². The van der Waals surface area contributed by atoms with Gasteiger partial charge in [-0.25, -0.2) is 9.18 Å². The molecule has 1 fully saturated rings. The molecule has 0 bridgehead atoms. The van der Waals surface area contributed by atoms with E-state index < -0.39 is 17.7 Å². The number of benzene rings is 2. The normalized spacial score (nSPS) is 18.9. The van der Waals surface area contributed by atoms with E-state index in [-0.39, 0.29) is 23.6 Å². The number of hydrogen-bond acceptors (Lipinski definition) is 4. The average Bonchev–Trinajstić information content (AvgIpc) is 3.12. The molecule has 1 heterocycles. The highest BCUT2D eigenvalue weighted by Gasteiger charge is 2.44. The maximum atomic E-state index is 13.1. The first-order valence-corrected chi connectivity index (χ1v) is 11.0. The number of nitrogens with one attached hydrogen (secondary N) is 1. The number of rotatable bonds is 4. The third-order valence-corrected chi connectivity index (χ3v) is 6.02. The van der Waals surface area contributed by atoms with Crippen molar-refractivity contribution in [2.75, 3.05) is 5.75 Å². The van der Waals surface area contributed by atoms with E-state index in [9.17, 15) is 14.0 Å². The van der Waals surface area contributed by atoms with Crippen molar-refractivity contribution >= 4 is 35.4 Å². The molecular formula is C22H24ClFN2O3S. The Balaban J connectivity index is 1.78. The Kier molecular flexibility index (Phi) is 6.93. The number of carbonyl (C=O) groups is 2. The Hall–Kier alpha value is -2.25. The van der Waals surface area contributed by atoms with Gasteiger partial charge in [-0.2, -0.15) is 0 Å². The smallest absolute Gasteiger partial charge is 0.412 e. The number of hydrogen-bond donors (Lipinski definition) is 1. The lowest BCUT2D eigenvalue weighted by molar-refractivity contribution is -0.125. The van der Waals surface area contributed by atoms with Crippen LogP contribution in [-0.2, 0) is 16.1 Å². The molecule has 30 heavy (non-hydrogen) atoms. The zero-order valence-electron chi connectivity index (χ0n) is 17.0. The Bertz CT molecular complexity index is 900. The predicted molar refractivity (Wildman–Crippen MR) is 117 cm³/mol. The number of halogens is 2. The Morgan fingerprint density at radius 1 is 1.17 bits per heavy atom. The summed E-state index contributed by atoms with van der Waals surface area (Å²) in [5.41, 5.74) is 0.946. The number of ether oxygens (including phenoxy) is 1. The van der Waals surface area contributed by atoms with Crippen molar-refractivity contribution in [2.24, 2.45) is 0 Å². The molecule has 1 aliphatic heterocycles. The van der Waals surface area contributed by atoms with Gasteiger partial charge in [0.25, 0.3) is 0 Å². The van der Waals surface area contributed by atoms with Crippen molar-refractivity contribution in [3.8, 4) is 0 Å². The zero-order chi connectivity index (χ0) is 21.9. The van der Waals surface area contributed by atoms with Gasteiger partial charge in [0, 0.05) is 17.3 Å². The largest absolute Gasteiger partial charge is 0.444 e. The average molecular weight is 451 g/mol. The molecule has 2 aromatic rings. The SMILES string of the molecule is CC(C)(C)OC(=O)N1[C@@H](C(=O)NCc2ccc(F)cc2)CS[C@@H]1c1ccc(Cl)cc1. The zero-order valence-corrected chi connectivity index (χ0v) is 18.6. The van der Waals surface area contributed by atoms with Gasteiger partial charge < -0.3 is 10.1 Å². The molecule has 0 spiro atoms. The molecule has 0 aliphatic carbocycles. The molecular weight excluding hydrogens is 427 g/mol. The van der Waals surface area contributed by atoms with Gasteiger partial charge in [0.05, 0.1) is 0 Å². The summed E-state index contributed by atoms with van der Waals surface area (Å²) in [7, 11) is 0. The second-order valence-electron chi connectivity index (χ2n) is 7.98. The maximum absolute atomic E-state index is 13.1. The van der Waals surface area contributed by atoms with Gasteiger partial charge in [-0.1, -0.05) is 35.9 Å². The molecule has 0 unspecified atom stereocenters. The van der Waals surface area contributed by atoms with E-state index in [1.165, 1.54) is 28.8 Å². The fourth-order valence-corrected chi connectivity index (χ4v) is 4.59. The second-order valence-corrected chi connectivity index (χ2v) is 9.53. The van der Waals surface area contributed by atoms with Crippen molar-refractivity contribution in [3.05, 3.63) is 70.5 Å². The Labute approximate surface area is 184 Å². The first-order chi connectivity index (χ1) is 14.1. The summed E-state index contributed by atoms with van der Waals surface area (Å²) in [6.45, 7) is 5.60. The lowest BCUT2D eigenvalue weighted by Crippen LogP contribution is -2.49. The lowest BCUT2D eigenvalue weighted by atomic mass is 10.1. The predicted octanol–water partition coefficient (Wildman–Crippen LogP) is 5.15. The van der Waals surface area contributed by atoms with Crippen LogP contribution in [0, 0.1) is 5.82 Å². The van der Waals surface area contributed by atoms with Gasteiger partial charge in [-0.15, -0.1) is 11.8 Å². The highest BCUT2D eigenvalue weighted by Crippen LogP contribution is 2.42. The molecule has 0 aromatic heterocycles. The van der Waals surface area contributed by atoms with E-state index in [0.717, 1.165) is 11.1 Å². The van der Waals surface area contributed by atoms with Crippen LogP contribution in [0.15, 0.2) is 48.5 Å². The molecule has 160 valence electrons. The minimum absolute atomic E-state index is 0.244. The Morgan fingerprint density at radius 2 is 1.80 bits per heavy atom. The quantitative estimate of drug-likeness (QED) is 0.700. The lowest BCUT2D eigenvalue weighted by Gasteiger charge is -2.31. The van der Waals surface area contributed by atoms with Crippen LogP contribution in [0.1, 0.15) is 37.3 Å². The Morgan fingerprint density at radius 3 is 2.40 bits per heavy atom. The van der Waals surface area contributed by atoms with E-state index in [1.54, 1.807) is 45.0 Å². The van der Waals surface area contributed by atoms with E-state index in [0.29, 0.717) is 10.8 Å². The van der Waals surface area contributed by atoms with E-state index >= 15 is 0 Å². The first-order valence-electron chi connectivity index (χ1n) is 9.54. The van der Waals surface area contributed by atoms with E-state index in [4.69, 9.17) is 16.3 Å². The molecule has 1 N–H and O–H groups in total. The third kappa shape index (κ3) is 5.67. The third-order valence-electron chi connectivity index (χ3n) is 4.44. The topological polar surface area (TPSA) is 58.6 Å². The number of thioether (sulfide) groups is 1. The monoisotopic (exact) mass is 450 g/mol. The summed E-state index contributed by atoms with van der Waals surface area (Å²) in [6, 6.07) is 12.4. The van der Waals surface area contributed by atoms with Crippen molar-refractivity contribution in [2.45, 2.75) is 44.3 Å². The summed E-state index contributed by atoms with van der Waals surface area (Å²) in [5, 5.41) is 3.08. The van der Waals surface area contributed by atoms with Crippen LogP contribution in [0.25, 0.3) is 0 Å². The highest BCUT2D eigenvalue weighted by molar-refractivity contribution is 7.99. The molecule has 2 amide bonds. The summed E-state index contributed by atoms with van der Waals surface area (Å²) in [4.78, 5) is 27.4. The maximum Gasteiger partial charge on any atom is 0.412 e. The van der Waals surface area contributed by atoms with Crippen LogP contribution in [0.4, 0.5) is 9.18 Å². The van der Waals surface area contributed by atoms with Gasteiger partial charge in [0.15, 0.2) is 0 Å². The summed E-state index contributed by atoms with van der Waals surface area (Å²) >= 11 is 7.49. The molecule has 1 saturated heterocycles. The van der Waals surface area contributed by atoms with E-state index in [1.807, 2.05) is 12.1 Å². The van der Waals surface area contributed by atoms with Gasteiger partial charge in [-0.3, -0.25) is 9.69 Å². The van der Waals surface area contributed by atoms with Gasteiger partial charge in [-0.05, 0) is 56.2 Å². The highest BCUT2D eigenvalue weighted by atomic mass is 35.5. The van der Waals surface area contributed by atoms with Crippen molar-refractivity contribution in [1.29, 1.82) is 0 Å². The van der Waals surface area contributed by atoms with Gasteiger partial charge in [0.2, 0.25) is 5.91 Å². The molecule has 0 radical (unpaired) electrons. The van der Waals surface area contributed by atoms with Crippen molar-refractivity contribution in [3.63, 3.8) is 0 Å². The first kappa shape index (κ1) is 22.4. The van der Waals surface area contributed by atoms with Crippen molar-refractivity contribution in [1.82, 2.24) is 10.2 Å². The minimum Gasteiger partial charge on any atom is -0.444 e. The summed E-state index contributed by atoms with van der Waals surface area (Å²) in [6.07, 6.45) is -0.547. The van der Waals surface area contributed by atoms with Crippen LogP contribution in [0.2, 0.25) is 5.02 Å². The van der Waals surface area contributed by atoms with Crippen LogP contribution < -0.4 is 5.32 Å². The summed E-state index contributed by atoms with van der Waals surface area (Å²) < 4.78 is 18.7. The molecule has 8 heteroatoms. The fourth-order valence-electron chi connectivity index (χ4n) is 3.04. The molecule has 2 atom stereocenters. The molecule has 5 nitrogen and oxygen atoms in total. The van der Waals surface area contributed by atoms with Gasteiger partial charge in [0.1, 0.15) is 22.8 Å². The standard InChI is InChI=1S/C22H24ClFN2O3S/c1-22(2,3)29-21(28)26-18(13-30-20(26)15-6-8-16(23)9-7-15)19(27)25-12-14-4-10-17(24)11-5-14/h4-11,18,20H,12-13H2,1-3H3,(H,25,27)/t18-,20-/m1/s1. The minimum atomic E-state index is -0.690. The molecule has 2 aromatic carbocycles.